The second-order valence-corrected chi connectivity index (χ2v) is 8.10. The minimum absolute atomic E-state index is 0.0294. The topological polar surface area (TPSA) is 59.8 Å². The normalized spacial score (nSPS) is 14.0. The molecule has 2 aromatic carbocycles. The minimum Gasteiger partial charge on any atom is -0.325 e. The van der Waals surface area contributed by atoms with E-state index in [1.165, 1.54) is 29.3 Å². The predicted molar refractivity (Wildman–Crippen MR) is 109 cm³/mol. The number of carbonyl (C=O) groups is 1. The minimum atomic E-state index is -0.288. The van der Waals surface area contributed by atoms with E-state index < -0.39 is 0 Å². The first-order chi connectivity index (χ1) is 13.1. The molecule has 6 heteroatoms. The van der Waals surface area contributed by atoms with Gasteiger partial charge in [-0.3, -0.25) is 9.36 Å². The largest absolute Gasteiger partial charge is 0.325 e. The van der Waals surface area contributed by atoms with Crippen molar-refractivity contribution in [2.75, 3.05) is 5.32 Å². The van der Waals surface area contributed by atoms with E-state index in [9.17, 15) is 4.79 Å². The summed E-state index contributed by atoms with van der Waals surface area (Å²) in [6, 6.07) is 16.2. The summed E-state index contributed by atoms with van der Waals surface area (Å²) in [5, 5.41) is 11.9. The molecule has 1 heterocycles. The van der Waals surface area contributed by atoms with Crippen LogP contribution in [0.15, 0.2) is 53.7 Å². The van der Waals surface area contributed by atoms with Crippen molar-refractivity contribution >= 4 is 23.4 Å². The highest BCUT2D eigenvalue weighted by Crippen LogP contribution is 2.28. The van der Waals surface area contributed by atoms with Crippen LogP contribution in [0, 0.1) is 6.92 Å². The maximum atomic E-state index is 12.7. The average molecular weight is 379 g/mol. The Kier molecular flexibility index (Phi) is 4.99. The quantitative estimate of drug-likeness (QED) is 0.677. The highest BCUT2D eigenvalue weighted by molar-refractivity contribution is 8.00. The summed E-state index contributed by atoms with van der Waals surface area (Å²) < 4.78 is 1.98. The number of benzene rings is 2. The summed E-state index contributed by atoms with van der Waals surface area (Å²) in [7, 11) is 0. The molecule has 1 amide bonds. The Bertz CT molecular complexity index is 968. The van der Waals surface area contributed by atoms with Crippen LogP contribution in [-0.2, 0) is 17.6 Å². The molecular formula is C21H22N4OS. The van der Waals surface area contributed by atoms with Crippen LogP contribution in [0.4, 0.5) is 5.69 Å². The molecule has 1 aliphatic rings. The molecule has 0 fully saturated rings. The van der Waals surface area contributed by atoms with Crippen LogP contribution in [0.1, 0.15) is 30.3 Å². The van der Waals surface area contributed by atoms with E-state index in [2.05, 4.69) is 27.6 Å². The summed E-state index contributed by atoms with van der Waals surface area (Å²) in [5.41, 5.74) is 4.62. The zero-order valence-electron chi connectivity index (χ0n) is 15.5. The second kappa shape index (κ2) is 7.56. The van der Waals surface area contributed by atoms with Crippen LogP contribution >= 0.6 is 11.8 Å². The van der Waals surface area contributed by atoms with E-state index in [-0.39, 0.29) is 11.2 Å². The van der Waals surface area contributed by atoms with E-state index in [1.807, 2.05) is 54.8 Å². The monoisotopic (exact) mass is 378 g/mol. The van der Waals surface area contributed by atoms with Gasteiger partial charge in [-0.2, -0.15) is 0 Å². The lowest BCUT2D eigenvalue weighted by molar-refractivity contribution is -0.115. The highest BCUT2D eigenvalue weighted by atomic mass is 32.2. The summed E-state index contributed by atoms with van der Waals surface area (Å²) >= 11 is 1.42. The van der Waals surface area contributed by atoms with Crippen molar-refractivity contribution in [3.63, 3.8) is 0 Å². The van der Waals surface area contributed by atoms with Crippen LogP contribution < -0.4 is 5.32 Å². The number of aryl methyl sites for hydroxylation is 3. The molecule has 1 aromatic heterocycles. The first-order valence-electron chi connectivity index (χ1n) is 9.18. The highest BCUT2D eigenvalue weighted by Gasteiger charge is 2.20. The van der Waals surface area contributed by atoms with Gasteiger partial charge in [0.2, 0.25) is 5.91 Å². The van der Waals surface area contributed by atoms with Gasteiger partial charge < -0.3 is 5.32 Å². The molecule has 0 aliphatic heterocycles. The van der Waals surface area contributed by atoms with Gasteiger partial charge in [-0.1, -0.05) is 36.0 Å². The molecule has 27 heavy (non-hydrogen) atoms. The third-order valence-electron chi connectivity index (χ3n) is 4.83. The van der Waals surface area contributed by atoms with Crippen molar-refractivity contribution in [3.8, 4) is 5.69 Å². The number of rotatable bonds is 5. The van der Waals surface area contributed by atoms with E-state index in [0.29, 0.717) is 0 Å². The van der Waals surface area contributed by atoms with Gasteiger partial charge in [0, 0.05) is 11.4 Å². The molecule has 1 N–H and O–H groups in total. The Morgan fingerprint density at radius 1 is 1.11 bits per heavy atom. The molecule has 4 rings (SSSR count). The molecule has 1 atom stereocenters. The predicted octanol–water partition coefficient (Wildman–Crippen LogP) is 4.18. The number of para-hydroxylation sites is 1. The number of anilines is 1. The fourth-order valence-electron chi connectivity index (χ4n) is 3.40. The molecule has 3 aromatic rings. The van der Waals surface area contributed by atoms with Crippen LogP contribution in [0.25, 0.3) is 5.69 Å². The summed E-state index contributed by atoms with van der Waals surface area (Å²) in [5.74, 6) is 0.771. The third kappa shape index (κ3) is 3.76. The van der Waals surface area contributed by atoms with Gasteiger partial charge in [0.1, 0.15) is 5.82 Å². The molecule has 0 spiro atoms. The van der Waals surface area contributed by atoms with Crippen molar-refractivity contribution in [2.45, 2.75) is 43.5 Å². The third-order valence-corrected chi connectivity index (χ3v) is 5.87. The lowest BCUT2D eigenvalue weighted by Gasteiger charge is -2.14. The maximum Gasteiger partial charge on any atom is 0.237 e. The zero-order valence-corrected chi connectivity index (χ0v) is 16.3. The van der Waals surface area contributed by atoms with Crippen molar-refractivity contribution < 1.29 is 4.79 Å². The Morgan fingerprint density at radius 3 is 2.70 bits per heavy atom. The van der Waals surface area contributed by atoms with E-state index >= 15 is 0 Å². The van der Waals surface area contributed by atoms with Crippen LogP contribution in [0.2, 0.25) is 0 Å². The Hall–Kier alpha value is -2.60. The van der Waals surface area contributed by atoms with Gasteiger partial charge >= 0.3 is 0 Å². The van der Waals surface area contributed by atoms with Crippen molar-refractivity contribution in [2.24, 2.45) is 0 Å². The van der Waals surface area contributed by atoms with Gasteiger partial charge in [0.25, 0.3) is 0 Å². The van der Waals surface area contributed by atoms with Crippen molar-refractivity contribution in [1.82, 2.24) is 14.8 Å². The smallest absolute Gasteiger partial charge is 0.237 e. The van der Waals surface area contributed by atoms with E-state index in [4.69, 9.17) is 0 Å². The van der Waals surface area contributed by atoms with Crippen molar-refractivity contribution in [3.05, 3.63) is 65.5 Å². The number of aromatic nitrogens is 3. The van der Waals surface area contributed by atoms with E-state index in [1.54, 1.807) is 0 Å². The number of fused-ring (bicyclic) bond motifs is 1. The standard InChI is InChI=1S/C21H22N4OS/c1-14(20(26)22-18-12-11-16-7-6-8-17(16)13-18)27-21-24-23-15(2)25(21)19-9-4-3-5-10-19/h3-5,9-14H,6-8H2,1-2H3,(H,22,26)/t14-/m0/s1. The van der Waals surface area contributed by atoms with Gasteiger partial charge in [-0.25, -0.2) is 0 Å². The fourth-order valence-corrected chi connectivity index (χ4v) is 4.31. The number of nitrogens with one attached hydrogen (secondary N) is 1. The molecule has 5 nitrogen and oxygen atoms in total. The molecular weight excluding hydrogens is 356 g/mol. The second-order valence-electron chi connectivity index (χ2n) is 6.79. The molecule has 0 unspecified atom stereocenters. The maximum absolute atomic E-state index is 12.7. The molecule has 0 radical (unpaired) electrons. The number of hydrogen-bond donors (Lipinski definition) is 1. The Balaban J connectivity index is 1.48. The number of amides is 1. The number of thioether (sulfide) groups is 1. The molecule has 0 saturated heterocycles. The molecule has 138 valence electrons. The SMILES string of the molecule is Cc1nnc(S[C@@H](C)C(=O)Nc2ccc3c(c2)CCC3)n1-c1ccccc1. The van der Waals surface area contributed by atoms with Crippen LogP contribution in [-0.4, -0.2) is 25.9 Å². The van der Waals surface area contributed by atoms with Gasteiger partial charge in [0.05, 0.1) is 5.25 Å². The Labute approximate surface area is 163 Å². The van der Waals surface area contributed by atoms with Gasteiger partial charge in [-0.05, 0) is 68.5 Å². The fraction of sp³-hybridized carbons (Fsp3) is 0.286. The summed E-state index contributed by atoms with van der Waals surface area (Å²) in [6.07, 6.45) is 3.45. The van der Waals surface area contributed by atoms with Crippen LogP contribution in [0.3, 0.4) is 0 Å². The first kappa shape index (κ1) is 17.8. The van der Waals surface area contributed by atoms with E-state index in [0.717, 1.165) is 35.2 Å². The average Bonchev–Trinajstić information content (AvgIpc) is 3.28. The van der Waals surface area contributed by atoms with Crippen LogP contribution in [0.5, 0.6) is 0 Å². The van der Waals surface area contributed by atoms with Gasteiger partial charge in [-0.15, -0.1) is 10.2 Å². The Morgan fingerprint density at radius 2 is 1.89 bits per heavy atom. The molecule has 0 bridgehead atoms. The zero-order chi connectivity index (χ0) is 18.8. The lowest BCUT2D eigenvalue weighted by Crippen LogP contribution is -2.23. The molecule has 0 saturated carbocycles. The lowest BCUT2D eigenvalue weighted by atomic mass is 10.1. The summed E-state index contributed by atoms with van der Waals surface area (Å²) in [4.78, 5) is 12.7. The number of nitrogens with zero attached hydrogens (tertiary/aromatic N) is 3. The number of hydrogen-bond acceptors (Lipinski definition) is 4. The number of carbonyl (C=O) groups excluding carboxylic acids is 1. The van der Waals surface area contributed by atoms with Gasteiger partial charge in [0.15, 0.2) is 5.16 Å². The first-order valence-corrected chi connectivity index (χ1v) is 10.1. The van der Waals surface area contributed by atoms with Crippen molar-refractivity contribution in [1.29, 1.82) is 0 Å². The summed E-state index contributed by atoms with van der Waals surface area (Å²) in [6.45, 7) is 3.81. The molecule has 1 aliphatic carbocycles.